The lowest BCUT2D eigenvalue weighted by atomic mass is 9.98. The molecule has 0 aliphatic rings. The molecule has 0 unspecified atom stereocenters. The highest BCUT2D eigenvalue weighted by molar-refractivity contribution is 5.93. The largest absolute Gasteiger partial charge is 0.480 e. The summed E-state index contributed by atoms with van der Waals surface area (Å²) in [4.78, 5) is 48.3. The Morgan fingerprint density at radius 2 is 1.60 bits per heavy atom. The Morgan fingerprint density at radius 1 is 1.00 bits per heavy atom. The minimum atomic E-state index is -1.17. The van der Waals surface area contributed by atoms with Crippen molar-refractivity contribution in [3.63, 3.8) is 0 Å². The van der Waals surface area contributed by atoms with Crippen molar-refractivity contribution in [3.05, 3.63) is 0 Å². The first kappa shape index (κ1) is 27.1. The molecule has 3 amide bonds. The van der Waals surface area contributed by atoms with Gasteiger partial charge in [-0.3, -0.25) is 19.8 Å². The fourth-order valence-electron chi connectivity index (χ4n) is 2.44. The van der Waals surface area contributed by atoms with Crippen LogP contribution in [0.5, 0.6) is 0 Å². The van der Waals surface area contributed by atoms with Gasteiger partial charge in [-0.15, -0.1) is 0 Å². The fraction of sp³-hybridized carbons (Fsp3) is 0.722. The van der Waals surface area contributed by atoms with Gasteiger partial charge in [-0.2, -0.15) is 0 Å². The molecule has 30 heavy (non-hydrogen) atoms. The third-order valence-electron chi connectivity index (χ3n) is 4.56. The zero-order chi connectivity index (χ0) is 23.4. The van der Waals surface area contributed by atoms with Gasteiger partial charge in [0.2, 0.25) is 17.7 Å². The Hall–Kier alpha value is -2.89. The number of hydrogen-bond donors (Lipinski definition) is 8. The van der Waals surface area contributed by atoms with Gasteiger partial charge < -0.3 is 37.8 Å². The van der Waals surface area contributed by atoms with E-state index in [0.29, 0.717) is 19.4 Å². The van der Waals surface area contributed by atoms with Gasteiger partial charge in [-0.05, 0) is 32.6 Å². The standard InChI is InChI=1S/C18H35N7O5/c1-5-9(2)13(17(29)30)25-16(28)12(7-6-8-22-18(20)21)24-15(27)11(4)23-14(26)10(3)19/h9-13H,5-8,19H2,1-4H3,(H,23,26)(H,24,27)(H,25,28)(H,29,30)(H4,20,21,22)/t9-,10-,11-,12-,13-/m0/s1. The molecule has 12 heteroatoms. The predicted octanol–water partition coefficient (Wildman–Crippen LogP) is -1.80. The van der Waals surface area contributed by atoms with E-state index in [1.807, 2.05) is 6.92 Å². The van der Waals surface area contributed by atoms with Crippen LogP contribution in [0.25, 0.3) is 0 Å². The number of nitrogens with two attached hydrogens (primary N) is 2. The maximum absolute atomic E-state index is 12.7. The normalized spacial score (nSPS) is 15.6. The smallest absolute Gasteiger partial charge is 0.326 e. The Morgan fingerprint density at radius 3 is 2.07 bits per heavy atom. The van der Waals surface area contributed by atoms with Gasteiger partial charge in [0, 0.05) is 6.54 Å². The van der Waals surface area contributed by atoms with Crippen LogP contribution in [-0.2, 0) is 19.2 Å². The third kappa shape index (κ3) is 10.0. The first-order valence-corrected chi connectivity index (χ1v) is 9.88. The summed E-state index contributed by atoms with van der Waals surface area (Å²) >= 11 is 0. The van der Waals surface area contributed by atoms with Crippen molar-refractivity contribution in [3.8, 4) is 0 Å². The van der Waals surface area contributed by atoms with Gasteiger partial charge >= 0.3 is 5.97 Å². The molecule has 10 N–H and O–H groups in total. The lowest BCUT2D eigenvalue weighted by Crippen LogP contribution is -2.57. The molecule has 0 aliphatic heterocycles. The number of carboxylic acids is 1. The summed E-state index contributed by atoms with van der Waals surface area (Å²) in [7, 11) is 0. The van der Waals surface area contributed by atoms with Crippen LogP contribution < -0.4 is 32.7 Å². The van der Waals surface area contributed by atoms with Crippen molar-refractivity contribution in [2.75, 3.05) is 6.54 Å². The number of aliphatic carboxylic acids is 1. The monoisotopic (exact) mass is 429 g/mol. The van der Waals surface area contributed by atoms with Crippen LogP contribution in [0, 0.1) is 11.3 Å². The average molecular weight is 430 g/mol. The molecule has 5 atom stereocenters. The van der Waals surface area contributed by atoms with E-state index in [0.717, 1.165) is 0 Å². The van der Waals surface area contributed by atoms with Gasteiger partial charge in [0.1, 0.15) is 18.1 Å². The molecule has 0 fully saturated rings. The molecule has 0 radical (unpaired) electrons. The number of amides is 3. The molecule has 0 saturated heterocycles. The van der Waals surface area contributed by atoms with E-state index < -0.39 is 47.9 Å². The van der Waals surface area contributed by atoms with Crippen LogP contribution in [-0.4, -0.2) is 65.5 Å². The highest BCUT2D eigenvalue weighted by atomic mass is 16.4. The first-order valence-electron chi connectivity index (χ1n) is 9.88. The van der Waals surface area contributed by atoms with E-state index in [2.05, 4.69) is 21.3 Å². The number of rotatable bonds is 13. The van der Waals surface area contributed by atoms with Gasteiger partial charge in [-0.25, -0.2) is 4.79 Å². The molecule has 0 aromatic heterocycles. The van der Waals surface area contributed by atoms with Crippen LogP contribution in [0.2, 0.25) is 0 Å². The number of nitrogens with one attached hydrogen (secondary N) is 5. The van der Waals surface area contributed by atoms with Crippen LogP contribution in [0.15, 0.2) is 0 Å². The van der Waals surface area contributed by atoms with Gasteiger partial charge in [0.15, 0.2) is 5.96 Å². The quantitative estimate of drug-likeness (QED) is 0.0947. The number of carbonyl (C=O) groups is 4. The van der Waals surface area contributed by atoms with E-state index in [1.54, 1.807) is 6.92 Å². The summed E-state index contributed by atoms with van der Waals surface area (Å²) in [6, 6.07) is -3.89. The molecule has 0 aromatic carbocycles. The zero-order valence-electron chi connectivity index (χ0n) is 18.0. The van der Waals surface area contributed by atoms with E-state index >= 15 is 0 Å². The molecular weight excluding hydrogens is 394 g/mol. The molecule has 0 bridgehead atoms. The van der Waals surface area contributed by atoms with Gasteiger partial charge in [0.25, 0.3) is 0 Å². The lowest BCUT2D eigenvalue weighted by Gasteiger charge is -2.25. The van der Waals surface area contributed by atoms with Gasteiger partial charge in [-0.1, -0.05) is 20.3 Å². The molecule has 172 valence electrons. The maximum Gasteiger partial charge on any atom is 0.326 e. The summed E-state index contributed by atoms with van der Waals surface area (Å²) < 4.78 is 0. The van der Waals surface area contributed by atoms with E-state index in [9.17, 15) is 24.3 Å². The van der Waals surface area contributed by atoms with Crippen LogP contribution in [0.1, 0.15) is 47.0 Å². The van der Waals surface area contributed by atoms with Crippen LogP contribution in [0.4, 0.5) is 0 Å². The number of guanidine groups is 1. The van der Waals surface area contributed by atoms with Crippen molar-refractivity contribution in [2.24, 2.45) is 17.4 Å². The summed E-state index contributed by atoms with van der Waals surface area (Å²) in [5.41, 5.74) is 10.7. The molecule has 0 aromatic rings. The van der Waals surface area contributed by atoms with Crippen molar-refractivity contribution in [1.29, 1.82) is 5.41 Å². The average Bonchev–Trinajstić information content (AvgIpc) is 2.66. The highest BCUT2D eigenvalue weighted by Crippen LogP contribution is 2.09. The molecular formula is C18H35N7O5. The first-order chi connectivity index (χ1) is 13.9. The molecule has 0 heterocycles. The van der Waals surface area contributed by atoms with E-state index in [1.165, 1.54) is 13.8 Å². The van der Waals surface area contributed by atoms with Crippen LogP contribution in [0.3, 0.4) is 0 Å². The number of carboxylic acid groups (broad SMARTS) is 1. The second-order valence-corrected chi connectivity index (χ2v) is 7.27. The molecule has 0 aliphatic carbocycles. The summed E-state index contributed by atoms with van der Waals surface area (Å²) in [6.07, 6.45) is 1.08. The molecule has 0 rings (SSSR count). The maximum atomic E-state index is 12.7. The summed E-state index contributed by atoms with van der Waals surface area (Å²) in [5, 5.41) is 26.6. The second kappa shape index (κ2) is 13.4. The van der Waals surface area contributed by atoms with E-state index in [-0.39, 0.29) is 18.3 Å². The molecule has 0 saturated carbocycles. The predicted molar refractivity (Wildman–Crippen MR) is 111 cm³/mol. The zero-order valence-corrected chi connectivity index (χ0v) is 18.0. The van der Waals surface area contributed by atoms with Crippen LogP contribution >= 0.6 is 0 Å². The highest BCUT2D eigenvalue weighted by Gasteiger charge is 2.30. The second-order valence-electron chi connectivity index (χ2n) is 7.27. The SMILES string of the molecule is CC[C@H](C)[C@H](NC(=O)[C@H](CCCNC(=N)N)NC(=O)[C@H](C)NC(=O)[C@H](C)N)C(=O)O. The minimum absolute atomic E-state index is 0.165. The van der Waals surface area contributed by atoms with Crippen molar-refractivity contribution >= 4 is 29.7 Å². The van der Waals surface area contributed by atoms with Gasteiger partial charge in [0.05, 0.1) is 6.04 Å². The Kier molecular flexibility index (Phi) is 12.1. The van der Waals surface area contributed by atoms with Crippen molar-refractivity contribution in [1.82, 2.24) is 21.3 Å². The minimum Gasteiger partial charge on any atom is -0.480 e. The summed E-state index contributed by atoms with van der Waals surface area (Å²) in [5.74, 6) is -3.49. The Balaban J connectivity index is 5.21. The lowest BCUT2D eigenvalue weighted by molar-refractivity contribution is -0.143. The van der Waals surface area contributed by atoms with E-state index in [4.69, 9.17) is 16.9 Å². The number of carbonyl (C=O) groups excluding carboxylic acids is 3. The number of hydrogen-bond acceptors (Lipinski definition) is 6. The van der Waals surface area contributed by atoms with Crippen molar-refractivity contribution in [2.45, 2.75) is 71.1 Å². The third-order valence-corrected chi connectivity index (χ3v) is 4.56. The molecule has 0 spiro atoms. The topological polar surface area (TPSA) is 213 Å². The Bertz CT molecular complexity index is 626. The summed E-state index contributed by atoms with van der Waals surface area (Å²) in [6.45, 7) is 6.72. The molecule has 12 nitrogen and oxygen atoms in total. The fourth-order valence-corrected chi connectivity index (χ4v) is 2.44. The van der Waals surface area contributed by atoms with Crippen molar-refractivity contribution < 1.29 is 24.3 Å². The Labute approximate surface area is 176 Å².